The summed E-state index contributed by atoms with van der Waals surface area (Å²) in [5.74, 6) is 1.68. The SMILES string of the molecule is c1ccc2c(c1)CC1(CCN(c3cnc(OC4CCCC4)cn3)CC1)C2. The van der Waals surface area contributed by atoms with Crippen molar-refractivity contribution in [3.05, 3.63) is 47.8 Å². The molecule has 2 aromatic rings. The number of hydrogen-bond donors (Lipinski definition) is 0. The molecule has 1 aromatic carbocycles. The van der Waals surface area contributed by atoms with Gasteiger partial charge < -0.3 is 9.64 Å². The van der Waals surface area contributed by atoms with Crippen molar-refractivity contribution in [2.24, 2.45) is 5.41 Å². The Morgan fingerprint density at radius 2 is 1.62 bits per heavy atom. The summed E-state index contributed by atoms with van der Waals surface area (Å²) >= 11 is 0. The Kier molecular flexibility index (Phi) is 4.07. The van der Waals surface area contributed by atoms with Crippen molar-refractivity contribution in [3.63, 3.8) is 0 Å². The van der Waals surface area contributed by atoms with Crippen LogP contribution in [-0.4, -0.2) is 29.2 Å². The van der Waals surface area contributed by atoms with Crippen LogP contribution in [0.3, 0.4) is 0 Å². The fraction of sp³-hybridized carbons (Fsp3) is 0.545. The number of ether oxygens (including phenoxy) is 1. The first-order valence-electron chi connectivity index (χ1n) is 10.1. The van der Waals surface area contributed by atoms with E-state index in [0.717, 1.165) is 31.7 Å². The molecule has 1 spiro atoms. The Labute approximate surface area is 155 Å². The minimum Gasteiger partial charge on any atom is -0.473 e. The molecule has 2 aliphatic carbocycles. The molecule has 136 valence electrons. The molecule has 26 heavy (non-hydrogen) atoms. The normalized spacial score (nSPS) is 21.9. The highest BCUT2D eigenvalue weighted by Gasteiger charge is 2.39. The zero-order valence-corrected chi connectivity index (χ0v) is 15.4. The largest absolute Gasteiger partial charge is 0.473 e. The van der Waals surface area contributed by atoms with Gasteiger partial charge in [-0.15, -0.1) is 0 Å². The molecule has 4 heteroatoms. The van der Waals surface area contributed by atoms with Crippen LogP contribution in [0, 0.1) is 5.41 Å². The first-order chi connectivity index (χ1) is 12.8. The Hall–Kier alpha value is -2.10. The third kappa shape index (κ3) is 3.06. The van der Waals surface area contributed by atoms with Crippen LogP contribution in [0.2, 0.25) is 0 Å². The van der Waals surface area contributed by atoms with Gasteiger partial charge in [0.05, 0.1) is 12.4 Å². The van der Waals surface area contributed by atoms with Gasteiger partial charge in [0.1, 0.15) is 11.9 Å². The van der Waals surface area contributed by atoms with Gasteiger partial charge in [-0.2, -0.15) is 0 Å². The van der Waals surface area contributed by atoms with Crippen LogP contribution < -0.4 is 9.64 Å². The molecule has 3 aliphatic rings. The van der Waals surface area contributed by atoms with Crippen LogP contribution in [0.25, 0.3) is 0 Å². The summed E-state index contributed by atoms with van der Waals surface area (Å²) < 4.78 is 5.94. The first kappa shape index (κ1) is 16.1. The third-order valence-corrected chi connectivity index (χ3v) is 6.60. The van der Waals surface area contributed by atoms with Crippen molar-refractivity contribution in [1.29, 1.82) is 0 Å². The van der Waals surface area contributed by atoms with Gasteiger partial charge in [0.25, 0.3) is 0 Å². The fourth-order valence-corrected chi connectivity index (χ4v) is 5.05. The number of nitrogens with zero attached hydrogens (tertiary/aromatic N) is 3. The quantitative estimate of drug-likeness (QED) is 0.833. The monoisotopic (exact) mass is 349 g/mol. The van der Waals surface area contributed by atoms with Crippen LogP contribution in [0.4, 0.5) is 5.82 Å². The van der Waals surface area contributed by atoms with E-state index in [1.165, 1.54) is 38.5 Å². The average molecular weight is 349 g/mol. The standard InChI is InChI=1S/C22H27N3O/c1-2-6-18-14-22(13-17(18)5-1)9-11-25(12-10-22)20-15-24-21(16-23-20)26-19-7-3-4-8-19/h1-2,5-6,15-16,19H,3-4,7-14H2. The van der Waals surface area contributed by atoms with E-state index in [2.05, 4.69) is 39.1 Å². The van der Waals surface area contributed by atoms with Crippen molar-refractivity contribution in [3.8, 4) is 5.88 Å². The molecule has 1 saturated carbocycles. The molecule has 0 radical (unpaired) electrons. The Morgan fingerprint density at radius 3 is 2.23 bits per heavy atom. The first-order valence-corrected chi connectivity index (χ1v) is 10.1. The summed E-state index contributed by atoms with van der Waals surface area (Å²) in [5.41, 5.74) is 3.60. The topological polar surface area (TPSA) is 38.2 Å². The maximum Gasteiger partial charge on any atom is 0.232 e. The lowest BCUT2D eigenvalue weighted by Crippen LogP contribution is -2.41. The van der Waals surface area contributed by atoms with Crippen molar-refractivity contribution in [2.45, 2.75) is 57.5 Å². The van der Waals surface area contributed by atoms with Crippen LogP contribution in [0.1, 0.15) is 49.7 Å². The molecule has 4 nitrogen and oxygen atoms in total. The van der Waals surface area contributed by atoms with Crippen molar-refractivity contribution < 1.29 is 4.74 Å². The van der Waals surface area contributed by atoms with E-state index in [9.17, 15) is 0 Å². The number of hydrogen-bond acceptors (Lipinski definition) is 4. The third-order valence-electron chi connectivity index (χ3n) is 6.60. The van der Waals surface area contributed by atoms with E-state index in [0.29, 0.717) is 17.4 Å². The van der Waals surface area contributed by atoms with Gasteiger partial charge in [0.15, 0.2) is 0 Å². The smallest absolute Gasteiger partial charge is 0.232 e. The molecule has 0 atom stereocenters. The zero-order valence-electron chi connectivity index (χ0n) is 15.4. The van der Waals surface area contributed by atoms with Crippen molar-refractivity contribution in [2.75, 3.05) is 18.0 Å². The van der Waals surface area contributed by atoms with Crippen LogP contribution in [-0.2, 0) is 12.8 Å². The summed E-state index contributed by atoms with van der Waals surface area (Å²) in [7, 11) is 0. The lowest BCUT2D eigenvalue weighted by molar-refractivity contribution is 0.200. The van der Waals surface area contributed by atoms with Crippen molar-refractivity contribution >= 4 is 5.82 Å². The molecule has 0 amide bonds. The molecular formula is C22H27N3O. The summed E-state index contributed by atoms with van der Waals surface area (Å²) in [4.78, 5) is 11.5. The number of anilines is 1. The van der Waals surface area contributed by atoms with Gasteiger partial charge >= 0.3 is 0 Å². The van der Waals surface area contributed by atoms with Gasteiger partial charge in [-0.3, -0.25) is 0 Å². The van der Waals surface area contributed by atoms with E-state index in [1.807, 2.05) is 12.4 Å². The van der Waals surface area contributed by atoms with Crippen LogP contribution >= 0.6 is 0 Å². The molecule has 2 heterocycles. The van der Waals surface area contributed by atoms with Crippen LogP contribution in [0.5, 0.6) is 5.88 Å². The number of aromatic nitrogens is 2. The second-order valence-corrected chi connectivity index (χ2v) is 8.35. The van der Waals surface area contributed by atoms with Gasteiger partial charge in [-0.1, -0.05) is 24.3 Å². The Balaban J connectivity index is 1.21. The molecule has 0 N–H and O–H groups in total. The van der Waals surface area contributed by atoms with Gasteiger partial charge in [-0.25, -0.2) is 9.97 Å². The molecule has 1 aromatic heterocycles. The summed E-state index contributed by atoms with van der Waals surface area (Å²) in [5, 5.41) is 0. The van der Waals surface area contributed by atoms with Crippen molar-refractivity contribution in [1.82, 2.24) is 9.97 Å². The van der Waals surface area contributed by atoms with E-state index in [4.69, 9.17) is 4.74 Å². The number of benzene rings is 1. The lowest BCUT2D eigenvalue weighted by Gasteiger charge is -2.39. The lowest BCUT2D eigenvalue weighted by atomic mass is 9.76. The highest BCUT2D eigenvalue weighted by atomic mass is 16.5. The number of rotatable bonds is 3. The molecular weight excluding hydrogens is 322 g/mol. The summed E-state index contributed by atoms with van der Waals surface area (Å²) in [6.45, 7) is 2.15. The number of fused-ring (bicyclic) bond motifs is 1. The average Bonchev–Trinajstić information content (AvgIpc) is 3.30. The van der Waals surface area contributed by atoms with E-state index in [1.54, 1.807) is 11.1 Å². The molecule has 5 rings (SSSR count). The maximum atomic E-state index is 5.94. The Bertz CT molecular complexity index is 732. The molecule has 0 unspecified atom stereocenters. The molecule has 0 bridgehead atoms. The Morgan fingerprint density at radius 1 is 0.923 bits per heavy atom. The van der Waals surface area contributed by atoms with E-state index < -0.39 is 0 Å². The predicted molar refractivity (Wildman–Crippen MR) is 103 cm³/mol. The van der Waals surface area contributed by atoms with Gasteiger partial charge in [-0.05, 0) is 67.9 Å². The van der Waals surface area contributed by atoms with Gasteiger partial charge in [0.2, 0.25) is 5.88 Å². The van der Waals surface area contributed by atoms with E-state index >= 15 is 0 Å². The van der Waals surface area contributed by atoms with Gasteiger partial charge in [0, 0.05) is 13.1 Å². The fourth-order valence-electron chi connectivity index (χ4n) is 5.05. The molecule has 1 saturated heterocycles. The van der Waals surface area contributed by atoms with Crippen LogP contribution in [0.15, 0.2) is 36.7 Å². The number of piperidine rings is 1. The molecule has 1 aliphatic heterocycles. The summed E-state index contributed by atoms with van der Waals surface area (Å²) in [6.07, 6.45) is 13.9. The highest BCUT2D eigenvalue weighted by molar-refractivity contribution is 5.39. The highest BCUT2D eigenvalue weighted by Crippen LogP contribution is 2.44. The van der Waals surface area contributed by atoms with E-state index in [-0.39, 0.29) is 0 Å². The second kappa shape index (κ2) is 6.57. The maximum absolute atomic E-state index is 5.94. The second-order valence-electron chi connectivity index (χ2n) is 8.35. The summed E-state index contributed by atoms with van der Waals surface area (Å²) in [6, 6.07) is 8.98. The molecule has 2 fully saturated rings. The zero-order chi connectivity index (χ0) is 17.4. The minimum atomic E-state index is 0.342. The minimum absolute atomic E-state index is 0.342. The predicted octanol–water partition coefficient (Wildman–Crippen LogP) is 4.18.